The van der Waals surface area contributed by atoms with E-state index in [0.29, 0.717) is 0 Å². The summed E-state index contributed by atoms with van der Waals surface area (Å²) in [6.07, 6.45) is 5.55. The summed E-state index contributed by atoms with van der Waals surface area (Å²) in [6, 6.07) is 1.65. The maximum absolute atomic E-state index is 3.61. The average Bonchev–Trinajstić information content (AvgIpc) is 2.06. The van der Waals surface area contributed by atoms with Crippen LogP contribution in [-0.2, 0) is 0 Å². The Morgan fingerprint density at radius 3 is 3.09 bits per heavy atom. The standard InChI is InChI=1S/C9H18N2.H2/c1-11-7-3-4-8-9(11)5-2-6-10-8;/h8-10H,2-7H2,1H3;1H. The molecule has 2 atom stereocenters. The van der Waals surface area contributed by atoms with Crippen molar-refractivity contribution in [2.45, 2.75) is 37.8 Å². The summed E-state index contributed by atoms with van der Waals surface area (Å²) >= 11 is 0. The van der Waals surface area contributed by atoms with E-state index in [4.69, 9.17) is 0 Å². The molecule has 2 aliphatic heterocycles. The predicted octanol–water partition coefficient (Wildman–Crippen LogP) is 1.08. The van der Waals surface area contributed by atoms with Gasteiger partial charge in [-0.05, 0) is 45.8 Å². The molecule has 0 aromatic rings. The van der Waals surface area contributed by atoms with Crippen LogP contribution in [0, 0.1) is 0 Å². The molecular weight excluding hydrogens is 136 g/mol. The number of likely N-dealkylation sites (N-methyl/N-ethyl adjacent to an activating group) is 1. The molecule has 2 saturated heterocycles. The van der Waals surface area contributed by atoms with E-state index >= 15 is 0 Å². The fourth-order valence-electron chi connectivity index (χ4n) is 2.48. The lowest BCUT2D eigenvalue weighted by Gasteiger charge is -2.42. The quantitative estimate of drug-likeness (QED) is 0.564. The highest BCUT2D eigenvalue weighted by atomic mass is 15.2. The van der Waals surface area contributed by atoms with Crippen molar-refractivity contribution in [2.75, 3.05) is 20.1 Å². The topological polar surface area (TPSA) is 15.3 Å². The Morgan fingerprint density at radius 2 is 2.27 bits per heavy atom. The van der Waals surface area contributed by atoms with Gasteiger partial charge in [-0.25, -0.2) is 0 Å². The lowest BCUT2D eigenvalue weighted by Crippen LogP contribution is -2.55. The van der Waals surface area contributed by atoms with E-state index in [9.17, 15) is 0 Å². The highest BCUT2D eigenvalue weighted by Gasteiger charge is 2.30. The van der Waals surface area contributed by atoms with Gasteiger partial charge in [0.1, 0.15) is 0 Å². The third-order valence-corrected chi connectivity index (χ3v) is 3.14. The van der Waals surface area contributed by atoms with E-state index in [-0.39, 0.29) is 1.43 Å². The highest BCUT2D eigenvalue weighted by Crippen LogP contribution is 2.22. The van der Waals surface area contributed by atoms with Crippen LogP contribution in [-0.4, -0.2) is 37.1 Å². The first-order valence-corrected chi connectivity index (χ1v) is 4.81. The zero-order chi connectivity index (χ0) is 7.68. The molecular formula is C9H20N2. The first kappa shape index (κ1) is 7.56. The Labute approximate surface area is 70.4 Å². The minimum Gasteiger partial charge on any atom is -0.312 e. The Kier molecular flexibility index (Phi) is 2.14. The lowest BCUT2D eigenvalue weighted by molar-refractivity contribution is 0.113. The van der Waals surface area contributed by atoms with Crippen LogP contribution in [0.3, 0.4) is 0 Å². The van der Waals surface area contributed by atoms with Crippen LogP contribution in [0.15, 0.2) is 0 Å². The van der Waals surface area contributed by atoms with Gasteiger partial charge in [-0.15, -0.1) is 0 Å². The third kappa shape index (κ3) is 1.42. The number of nitrogens with zero attached hydrogens (tertiary/aromatic N) is 1. The number of hydrogen-bond donors (Lipinski definition) is 1. The molecule has 2 heteroatoms. The van der Waals surface area contributed by atoms with Crippen LogP contribution in [0.25, 0.3) is 0 Å². The Hall–Kier alpha value is -0.0800. The second-order valence-electron chi connectivity index (χ2n) is 3.89. The number of rotatable bonds is 0. The normalized spacial score (nSPS) is 40.1. The number of piperidine rings is 2. The highest BCUT2D eigenvalue weighted by molar-refractivity contribution is 4.90. The van der Waals surface area contributed by atoms with Gasteiger partial charge in [0, 0.05) is 13.5 Å². The van der Waals surface area contributed by atoms with Crippen molar-refractivity contribution < 1.29 is 1.43 Å². The van der Waals surface area contributed by atoms with Gasteiger partial charge in [-0.1, -0.05) is 0 Å². The van der Waals surface area contributed by atoms with Crippen molar-refractivity contribution in [3.05, 3.63) is 0 Å². The van der Waals surface area contributed by atoms with Gasteiger partial charge < -0.3 is 10.2 Å². The number of hydrogen-bond acceptors (Lipinski definition) is 2. The zero-order valence-electron chi connectivity index (χ0n) is 7.34. The maximum atomic E-state index is 3.61. The van der Waals surface area contributed by atoms with Crippen LogP contribution >= 0.6 is 0 Å². The minimum atomic E-state index is 0. The Balaban J connectivity index is 0.000000720. The van der Waals surface area contributed by atoms with Gasteiger partial charge in [0.15, 0.2) is 0 Å². The van der Waals surface area contributed by atoms with E-state index in [1.165, 1.54) is 38.8 Å². The van der Waals surface area contributed by atoms with Crippen molar-refractivity contribution >= 4 is 0 Å². The van der Waals surface area contributed by atoms with Gasteiger partial charge >= 0.3 is 0 Å². The summed E-state index contributed by atoms with van der Waals surface area (Å²) in [5, 5.41) is 3.61. The first-order valence-electron chi connectivity index (χ1n) is 4.81. The molecule has 0 spiro atoms. The third-order valence-electron chi connectivity index (χ3n) is 3.14. The fraction of sp³-hybridized carbons (Fsp3) is 1.00. The summed E-state index contributed by atoms with van der Waals surface area (Å²) in [4.78, 5) is 2.53. The molecule has 0 amide bonds. The molecule has 0 bridgehead atoms. The Bertz CT molecular complexity index is 138. The number of nitrogens with one attached hydrogen (secondary N) is 1. The second-order valence-corrected chi connectivity index (χ2v) is 3.89. The lowest BCUT2D eigenvalue weighted by atomic mass is 9.90. The summed E-state index contributed by atoms with van der Waals surface area (Å²) in [5.41, 5.74) is 0. The van der Waals surface area contributed by atoms with Crippen molar-refractivity contribution in [1.29, 1.82) is 0 Å². The van der Waals surface area contributed by atoms with Crippen LogP contribution in [0.1, 0.15) is 27.1 Å². The summed E-state index contributed by atoms with van der Waals surface area (Å²) in [5.74, 6) is 0. The van der Waals surface area contributed by atoms with Crippen molar-refractivity contribution in [3.8, 4) is 0 Å². The zero-order valence-corrected chi connectivity index (χ0v) is 7.34. The smallest absolute Gasteiger partial charge is 0.0246 e. The Morgan fingerprint density at radius 1 is 1.36 bits per heavy atom. The fourth-order valence-corrected chi connectivity index (χ4v) is 2.48. The number of likely N-dealkylation sites (tertiary alicyclic amines) is 1. The van der Waals surface area contributed by atoms with E-state index in [1.807, 2.05) is 0 Å². The maximum Gasteiger partial charge on any atom is 0.0246 e. The summed E-state index contributed by atoms with van der Waals surface area (Å²) in [6.45, 7) is 2.55. The molecule has 0 aromatic carbocycles. The first-order chi connectivity index (χ1) is 5.38. The molecule has 0 aromatic heterocycles. The largest absolute Gasteiger partial charge is 0.312 e. The van der Waals surface area contributed by atoms with Crippen molar-refractivity contribution in [1.82, 2.24) is 10.2 Å². The van der Waals surface area contributed by atoms with Gasteiger partial charge in [0.05, 0.1) is 0 Å². The van der Waals surface area contributed by atoms with E-state index in [1.54, 1.807) is 0 Å². The molecule has 2 aliphatic rings. The van der Waals surface area contributed by atoms with Crippen LogP contribution < -0.4 is 5.32 Å². The van der Waals surface area contributed by atoms with Gasteiger partial charge in [-0.3, -0.25) is 0 Å². The molecule has 2 nitrogen and oxygen atoms in total. The van der Waals surface area contributed by atoms with E-state index in [2.05, 4.69) is 17.3 Å². The van der Waals surface area contributed by atoms with Crippen LogP contribution in [0.5, 0.6) is 0 Å². The molecule has 2 heterocycles. The monoisotopic (exact) mass is 156 g/mol. The van der Waals surface area contributed by atoms with Crippen molar-refractivity contribution in [2.24, 2.45) is 0 Å². The summed E-state index contributed by atoms with van der Waals surface area (Å²) < 4.78 is 0. The molecule has 2 unspecified atom stereocenters. The van der Waals surface area contributed by atoms with E-state index < -0.39 is 0 Å². The van der Waals surface area contributed by atoms with Gasteiger partial charge in [0.2, 0.25) is 0 Å². The molecule has 0 saturated carbocycles. The molecule has 11 heavy (non-hydrogen) atoms. The molecule has 2 rings (SSSR count). The molecule has 0 radical (unpaired) electrons. The molecule has 0 aliphatic carbocycles. The van der Waals surface area contributed by atoms with Crippen LogP contribution in [0.4, 0.5) is 0 Å². The minimum absolute atomic E-state index is 0. The second kappa shape index (κ2) is 3.11. The molecule has 2 fully saturated rings. The van der Waals surface area contributed by atoms with Gasteiger partial charge in [-0.2, -0.15) is 0 Å². The predicted molar refractivity (Wildman–Crippen MR) is 48.8 cm³/mol. The SMILES string of the molecule is CN1CCCC2NCCCC21.[HH]. The van der Waals surface area contributed by atoms with Gasteiger partial charge in [0.25, 0.3) is 0 Å². The van der Waals surface area contributed by atoms with Crippen molar-refractivity contribution in [3.63, 3.8) is 0 Å². The van der Waals surface area contributed by atoms with Crippen LogP contribution in [0.2, 0.25) is 0 Å². The average molecular weight is 156 g/mol. The molecule has 1 N–H and O–H groups in total. The van der Waals surface area contributed by atoms with E-state index in [0.717, 1.165) is 12.1 Å². The summed E-state index contributed by atoms with van der Waals surface area (Å²) in [7, 11) is 2.27. The number of fused-ring (bicyclic) bond motifs is 1. The molecule has 66 valence electrons.